The number of azo groups is 1. The highest BCUT2D eigenvalue weighted by Gasteiger charge is 2.29. The van der Waals surface area contributed by atoms with Crippen molar-refractivity contribution in [1.82, 2.24) is 5.32 Å². The third-order valence-electron chi connectivity index (χ3n) is 5.21. The van der Waals surface area contributed by atoms with Crippen LogP contribution in [0.25, 0.3) is 0 Å². The average molecular weight is 359 g/mol. The van der Waals surface area contributed by atoms with E-state index >= 15 is 0 Å². The van der Waals surface area contributed by atoms with E-state index in [0.717, 1.165) is 30.8 Å². The van der Waals surface area contributed by atoms with Crippen molar-refractivity contribution in [3.05, 3.63) is 65.2 Å². The maximum Gasteiger partial charge on any atom is 0.251 e. The van der Waals surface area contributed by atoms with E-state index in [0.29, 0.717) is 17.9 Å². The molecule has 0 radical (unpaired) electrons. The molecule has 27 heavy (non-hydrogen) atoms. The van der Waals surface area contributed by atoms with Crippen LogP contribution in [-0.4, -0.2) is 25.0 Å². The minimum atomic E-state index is -0.501. The molecule has 0 saturated carbocycles. The van der Waals surface area contributed by atoms with E-state index in [1.165, 1.54) is 5.56 Å². The molecule has 2 aromatic rings. The van der Waals surface area contributed by atoms with E-state index in [9.17, 15) is 4.79 Å². The zero-order valence-electron chi connectivity index (χ0n) is 14.9. The van der Waals surface area contributed by atoms with Crippen molar-refractivity contribution in [2.75, 3.05) is 18.4 Å². The summed E-state index contributed by atoms with van der Waals surface area (Å²) < 4.78 is 0. The van der Waals surface area contributed by atoms with Crippen LogP contribution in [0, 0.1) is 11.3 Å². The Kier molecular flexibility index (Phi) is 4.95. The number of rotatable bonds is 4. The summed E-state index contributed by atoms with van der Waals surface area (Å²) >= 11 is 0. The van der Waals surface area contributed by atoms with Crippen LogP contribution in [0.5, 0.6) is 0 Å². The molecule has 2 heterocycles. The number of amides is 1. The van der Waals surface area contributed by atoms with Crippen molar-refractivity contribution in [3.63, 3.8) is 0 Å². The first kappa shape index (κ1) is 17.4. The molecule has 3 unspecified atom stereocenters. The lowest BCUT2D eigenvalue weighted by atomic mass is 9.98. The van der Waals surface area contributed by atoms with Crippen LogP contribution < -0.4 is 10.6 Å². The maximum absolute atomic E-state index is 12.5. The Hall–Kier alpha value is -3.04. The van der Waals surface area contributed by atoms with Crippen LogP contribution in [0.2, 0.25) is 0 Å². The molecule has 1 amide bonds. The van der Waals surface area contributed by atoms with Crippen molar-refractivity contribution in [3.8, 4) is 6.07 Å². The van der Waals surface area contributed by atoms with Gasteiger partial charge in [-0.25, -0.2) is 0 Å². The number of anilines is 1. The second-order valence-corrected chi connectivity index (χ2v) is 7.04. The number of carbonyl (C=O) groups excluding carboxylic acids is 1. The van der Waals surface area contributed by atoms with Crippen LogP contribution in [0.15, 0.2) is 58.8 Å². The van der Waals surface area contributed by atoms with Gasteiger partial charge in [0.15, 0.2) is 6.04 Å². The molecule has 2 aliphatic rings. The van der Waals surface area contributed by atoms with Crippen LogP contribution in [0.3, 0.4) is 0 Å². The number of benzene rings is 2. The molecule has 0 bridgehead atoms. The number of carbonyl (C=O) groups is 1. The van der Waals surface area contributed by atoms with Gasteiger partial charge in [-0.15, -0.1) is 0 Å². The normalized spacial score (nSPS) is 23.9. The summed E-state index contributed by atoms with van der Waals surface area (Å²) in [6.07, 6.45) is 1.68. The standard InChI is InChI=1S/C21H21N5O/c22-12-14-2-1-3-16(10-14)19-11-20(26-25-19)21(27)24-18-6-4-15(5-7-18)17-8-9-23-13-17/h1-7,10,17,19-20,23H,8-9,11,13H2,(H,24,27). The fourth-order valence-electron chi connectivity index (χ4n) is 3.65. The molecule has 6 nitrogen and oxygen atoms in total. The van der Waals surface area contributed by atoms with Crippen LogP contribution >= 0.6 is 0 Å². The number of hydrogen-bond donors (Lipinski definition) is 2. The minimum Gasteiger partial charge on any atom is -0.324 e. The van der Waals surface area contributed by atoms with Crippen molar-refractivity contribution in [2.24, 2.45) is 10.2 Å². The van der Waals surface area contributed by atoms with Gasteiger partial charge in [-0.3, -0.25) is 4.79 Å². The van der Waals surface area contributed by atoms with Gasteiger partial charge < -0.3 is 10.6 Å². The molecular formula is C21H21N5O. The number of nitriles is 1. The second kappa shape index (κ2) is 7.68. The van der Waals surface area contributed by atoms with E-state index in [1.807, 2.05) is 24.3 Å². The van der Waals surface area contributed by atoms with E-state index in [4.69, 9.17) is 5.26 Å². The molecule has 2 N–H and O–H groups in total. The molecule has 2 aliphatic heterocycles. The highest BCUT2D eigenvalue weighted by atomic mass is 16.2. The third-order valence-corrected chi connectivity index (χ3v) is 5.21. The largest absolute Gasteiger partial charge is 0.324 e. The molecule has 6 heteroatoms. The van der Waals surface area contributed by atoms with Crippen LogP contribution in [0.4, 0.5) is 5.69 Å². The summed E-state index contributed by atoms with van der Waals surface area (Å²) in [7, 11) is 0. The summed E-state index contributed by atoms with van der Waals surface area (Å²) in [5, 5.41) is 23.7. The van der Waals surface area contributed by atoms with Crippen molar-refractivity contribution >= 4 is 11.6 Å². The summed E-state index contributed by atoms with van der Waals surface area (Å²) in [4.78, 5) is 12.5. The monoisotopic (exact) mass is 359 g/mol. The highest BCUT2D eigenvalue weighted by Crippen LogP contribution is 2.31. The van der Waals surface area contributed by atoms with E-state index in [1.54, 1.807) is 12.1 Å². The van der Waals surface area contributed by atoms with E-state index in [2.05, 4.69) is 39.1 Å². The molecule has 136 valence electrons. The van der Waals surface area contributed by atoms with E-state index in [-0.39, 0.29) is 11.9 Å². The van der Waals surface area contributed by atoms with Gasteiger partial charge >= 0.3 is 0 Å². The van der Waals surface area contributed by atoms with Gasteiger partial charge in [0.05, 0.1) is 17.7 Å². The van der Waals surface area contributed by atoms with Gasteiger partial charge in [0.25, 0.3) is 5.91 Å². The van der Waals surface area contributed by atoms with Gasteiger partial charge in [0, 0.05) is 18.7 Å². The smallest absolute Gasteiger partial charge is 0.251 e. The molecule has 0 aliphatic carbocycles. The van der Waals surface area contributed by atoms with Gasteiger partial charge in [0.1, 0.15) is 0 Å². The van der Waals surface area contributed by atoms with Crippen LogP contribution in [-0.2, 0) is 4.79 Å². The lowest BCUT2D eigenvalue weighted by molar-refractivity contribution is -0.117. The topological polar surface area (TPSA) is 89.6 Å². The van der Waals surface area contributed by atoms with Crippen LogP contribution in [0.1, 0.15) is 41.5 Å². The summed E-state index contributed by atoms with van der Waals surface area (Å²) in [6.45, 7) is 2.08. The molecule has 0 spiro atoms. The first-order valence-corrected chi connectivity index (χ1v) is 9.24. The van der Waals surface area contributed by atoms with Gasteiger partial charge in [-0.1, -0.05) is 24.3 Å². The zero-order chi connectivity index (χ0) is 18.6. The molecular weight excluding hydrogens is 338 g/mol. The SMILES string of the molecule is N#Cc1cccc(C2CC(C(=O)Nc3ccc(C4CCNC4)cc3)N=N2)c1. The zero-order valence-corrected chi connectivity index (χ0v) is 14.9. The Bertz CT molecular complexity index is 894. The summed E-state index contributed by atoms with van der Waals surface area (Å²) in [5.41, 5.74) is 3.59. The van der Waals surface area contributed by atoms with E-state index < -0.39 is 6.04 Å². The first-order valence-electron chi connectivity index (χ1n) is 9.24. The Balaban J connectivity index is 1.36. The molecule has 4 rings (SSSR count). The fraction of sp³-hybridized carbons (Fsp3) is 0.333. The van der Waals surface area contributed by atoms with Gasteiger partial charge in [0.2, 0.25) is 0 Å². The number of nitrogens with zero attached hydrogens (tertiary/aromatic N) is 3. The molecule has 0 aromatic heterocycles. The summed E-state index contributed by atoms with van der Waals surface area (Å²) in [6, 6.07) is 16.8. The Morgan fingerprint density at radius 2 is 2.00 bits per heavy atom. The maximum atomic E-state index is 12.5. The Morgan fingerprint density at radius 1 is 1.15 bits per heavy atom. The first-order chi connectivity index (χ1) is 13.2. The molecule has 1 saturated heterocycles. The molecule has 2 aromatic carbocycles. The quantitative estimate of drug-likeness (QED) is 0.875. The van der Waals surface area contributed by atoms with Crippen molar-refractivity contribution in [1.29, 1.82) is 5.26 Å². The lowest BCUT2D eigenvalue weighted by Crippen LogP contribution is -2.25. The second-order valence-electron chi connectivity index (χ2n) is 7.04. The van der Waals surface area contributed by atoms with Crippen molar-refractivity contribution < 1.29 is 4.79 Å². The van der Waals surface area contributed by atoms with Crippen molar-refractivity contribution in [2.45, 2.75) is 30.8 Å². The predicted octanol–water partition coefficient (Wildman–Crippen LogP) is 3.54. The summed E-state index contributed by atoms with van der Waals surface area (Å²) in [5.74, 6) is 0.413. The Morgan fingerprint density at radius 3 is 2.74 bits per heavy atom. The average Bonchev–Trinajstić information content (AvgIpc) is 3.41. The Labute approximate surface area is 158 Å². The fourth-order valence-corrected chi connectivity index (χ4v) is 3.65. The predicted molar refractivity (Wildman–Crippen MR) is 102 cm³/mol. The highest BCUT2D eigenvalue weighted by molar-refractivity contribution is 5.95. The lowest BCUT2D eigenvalue weighted by Gasteiger charge is -2.12. The molecule has 3 atom stereocenters. The van der Waals surface area contributed by atoms with Gasteiger partial charge in [-0.05, 0) is 54.3 Å². The minimum absolute atomic E-state index is 0.145. The number of nitrogens with one attached hydrogen (secondary N) is 2. The van der Waals surface area contributed by atoms with Gasteiger partial charge in [-0.2, -0.15) is 15.5 Å². The molecule has 1 fully saturated rings. The number of hydrogen-bond acceptors (Lipinski definition) is 5. The third kappa shape index (κ3) is 3.88.